The van der Waals surface area contributed by atoms with Gasteiger partial charge in [-0.05, 0) is 50.3 Å². The van der Waals surface area contributed by atoms with Gasteiger partial charge in [-0.3, -0.25) is 0 Å². The molecule has 0 saturated heterocycles. The minimum atomic E-state index is 0. The molecule has 2 rings (SSSR count). The highest BCUT2D eigenvalue weighted by molar-refractivity contribution is 14.0. The molecule has 2 N–H and O–H groups in total. The van der Waals surface area contributed by atoms with E-state index in [0.717, 1.165) is 55.0 Å². The minimum absolute atomic E-state index is 0. The highest BCUT2D eigenvalue weighted by Gasteiger charge is 2.07. The average Bonchev–Trinajstić information content (AvgIpc) is 3.01. The van der Waals surface area contributed by atoms with Gasteiger partial charge in [-0.25, -0.2) is 4.99 Å². The number of hydrogen-bond donors (Lipinski definition) is 2. The Morgan fingerprint density at radius 1 is 1.21 bits per heavy atom. The summed E-state index contributed by atoms with van der Waals surface area (Å²) in [6.07, 6.45) is 4.08. The third kappa shape index (κ3) is 8.41. The van der Waals surface area contributed by atoms with E-state index in [4.69, 9.17) is 9.73 Å². The van der Waals surface area contributed by atoms with Crippen LogP contribution in [0.5, 0.6) is 5.75 Å². The molecule has 0 aliphatic carbocycles. The molecule has 0 bridgehead atoms. The molecule has 0 fully saturated rings. The highest BCUT2D eigenvalue weighted by Crippen LogP contribution is 2.19. The summed E-state index contributed by atoms with van der Waals surface area (Å²) in [6, 6.07) is 6.27. The Labute approximate surface area is 195 Å². The Kier molecular flexibility index (Phi) is 12.1. The van der Waals surface area contributed by atoms with Gasteiger partial charge in [0, 0.05) is 20.1 Å². The van der Waals surface area contributed by atoms with Crippen molar-refractivity contribution in [1.82, 2.24) is 25.4 Å². The van der Waals surface area contributed by atoms with Gasteiger partial charge in [-0.2, -0.15) is 11.8 Å². The number of nitrogens with zero attached hydrogens (tertiary/aromatic N) is 4. The van der Waals surface area contributed by atoms with E-state index in [9.17, 15) is 0 Å². The molecule has 0 amide bonds. The molecule has 162 valence electrons. The number of ether oxygens (including phenoxy) is 1. The van der Waals surface area contributed by atoms with Crippen LogP contribution in [-0.2, 0) is 20.0 Å². The molecular formula is C20H33IN6OS. The summed E-state index contributed by atoms with van der Waals surface area (Å²) < 4.78 is 7.44. The van der Waals surface area contributed by atoms with Gasteiger partial charge < -0.3 is 19.9 Å². The molecule has 1 aromatic carbocycles. The largest absolute Gasteiger partial charge is 0.496 e. The molecule has 1 aromatic heterocycles. The highest BCUT2D eigenvalue weighted by atomic mass is 127. The standard InChI is InChI=1S/C20H32N6OS.HI/c1-15-7-8-18(27-4)17(13-15)9-11-22-20(21-10-6-12-28-5)23-14-19-25-24-16(2)26(19)3;/h7-8,13H,6,9-12,14H2,1-5H3,(H2,21,22,23);1H. The molecule has 0 atom stereocenters. The zero-order chi connectivity index (χ0) is 20.4. The maximum Gasteiger partial charge on any atom is 0.191 e. The summed E-state index contributed by atoms with van der Waals surface area (Å²) in [5.41, 5.74) is 2.43. The van der Waals surface area contributed by atoms with E-state index in [2.05, 4.69) is 46.1 Å². The van der Waals surface area contributed by atoms with Crippen LogP contribution in [0.4, 0.5) is 0 Å². The predicted octanol–water partition coefficient (Wildman–Crippen LogP) is 3.09. The van der Waals surface area contributed by atoms with Gasteiger partial charge in [0.2, 0.25) is 0 Å². The third-order valence-electron chi connectivity index (χ3n) is 4.50. The second-order valence-corrected chi connectivity index (χ2v) is 7.64. The second kappa shape index (κ2) is 13.7. The lowest BCUT2D eigenvalue weighted by Gasteiger charge is -2.14. The summed E-state index contributed by atoms with van der Waals surface area (Å²) in [5.74, 6) is 4.59. The SMILES string of the molecule is COc1ccc(C)cc1CCNC(=NCc1nnc(C)n1C)NCCCSC.I. The van der Waals surface area contributed by atoms with Crippen LogP contribution in [0.25, 0.3) is 0 Å². The maximum atomic E-state index is 5.48. The van der Waals surface area contributed by atoms with Gasteiger partial charge in [0.1, 0.15) is 18.1 Å². The zero-order valence-corrected chi connectivity index (χ0v) is 21.1. The fraction of sp³-hybridized carbons (Fsp3) is 0.550. The van der Waals surface area contributed by atoms with E-state index in [0.29, 0.717) is 6.54 Å². The van der Waals surface area contributed by atoms with Crippen LogP contribution < -0.4 is 15.4 Å². The lowest BCUT2D eigenvalue weighted by molar-refractivity contribution is 0.409. The number of aryl methyl sites for hydroxylation is 2. The summed E-state index contributed by atoms with van der Waals surface area (Å²) in [7, 11) is 3.67. The van der Waals surface area contributed by atoms with Crippen molar-refractivity contribution >= 4 is 41.7 Å². The van der Waals surface area contributed by atoms with Gasteiger partial charge in [-0.15, -0.1) is 34.2 Å². The van der Waals surface area contributed by atoms with Crippen LogP contribution in [-0.4, -0.2) is 52.9 Å². The average molecular weight is 532 g/mol. The molecule has 0 radical (unpaired) electrons. The summed E-state index contributed by atoms with van der Waals surface area (Å²) in [5, 5.41) is 15.1. The van der Waals surface area contributed by atoms with E-state index in [1.807, 2.05) is 36.4 Å². The molecule has 0 aliphatic rings. The van der Waals surface area contributed by atoms with E-state index in [1.165, 1.54) is 11.1 Å². The summed E-state index contributed by atoms with van der Waals surface area (Å²) in [6.45, 7) is 6.18. The fourth-order valence-electron chi connectivity index (χ4n) is 2.75. The van der Waals surface area contributed by atoms with Crippen LogP contribution in [0.15, 0.2) is 23.2 Å². The van der Waals surface area contributed by atoms with Crippen molar-refractivity contribution < 1.29 is 4.74 Å². The number of aliphatic imine (C=N–C) groups is 1. The van der Waals surface area contributed by atoms with Crippen molar-refractivity contribution in [2.45, 2.75) is 33.2 Å². The number of nitrogens with one attached hydrogen (secondary N) is 2. The van der Waals surface area contributed by atoms with Gasteiger partial charge in [0.25, 0.3) is 0 Å². The quantitative estimate of drug-likeness (QED) is 0.212. The van der Waals surface area contributed by atoms with E-state index < -0.39 is 0 Å². The first-order valence-electron chi connectivity index (χ1n) is 9.54. The Morgan fingerprint density at radius 2 is 1.97 bits per heavy atom. The maximum absolute atomic E-state index is 5.48. The summed E-state index contributed by atoms with van der Waals surface area (Å²) >= 11 is 1.85. The topological polar surface area (TPSA) is 76.4 Å². The number of methoxy groups -OCH3 is 1. The van der Waals surface area contributed by atoms with Crippen LogP contribution in [0.3, 0.4) is 0 Å². The number of hydrogen-bond acceptors (Lipinski definition) is 5. The van der Waals surface area contributed by atoms with Gasteiger partial charge in [0.15, 0.2) is 11.8 Å². The number of guanidine groups is 1. The van der Waals surface area contributed by atoms with Gasteiger partial charge in [0.05, 0.1) is 7.11 Å². The zero-order valence-electron chi connectivity index (χ0n) is 18.0. The molecule has 0 spiro atoms. The molecule has 2 aromatic rings. The molecule has 0 saturated carbocycles. The Bertz CT molecular complexity index is 780. The molecule has 9 heteroatoms. The summed E-state index contributed by atoms with van der Waals surface area (Å²) in [4.78, 5) is 4.69. The number of rotatable bonds is 10. The molecular weight excluding hydrogens is 499 g/mol. The molecule has 7 nitrogen and oxygen atoms in total. The lowest BCUT2D eigenvalue weighted by atomic mass is 10.1. The van der Waals surface area contributed by atoms with Crippen molar-refractivity contribution in [3.05, 3.63) is 41.0 Å². The minimum Gasteiger partial charge on any atom is -0.496 e. The van der Waals surface area contributed by atoms with Crippen LogP contribution in [0.1, 0.15) is 29.2 Å². The molecule has 1 heterocycles. The first-order valence-corrected chi connectivity index (χ1v) is 10.9. The number of thioether (sulfide) groups is 1. The predicted molar refractivity (Wildman–Crippen MR) is 133 cm³/mol. The first kappa shape index (κ1) is 25.5. The Balaban J connectivity index is 0.00000420. The van der Waals surface area contributed by atoms with Crippen molar-refractivity contribution in [3.63, 3.8) is 0 Å². The van der Waals surface area contributed by atoms with Crippen molar-refractivity contribution in [2.75, 3.05) is 32.2 Å². The van der Waals surface area contributed by atoms with Gasteiger partial charge in [-0.1, -0.05) is 17.7 Å². The monoisotopic (exact) mass is 532 g/mol. The normalized spacial score (nSPS) is 11.1. The van der Waals surface area contributed by atoms with E-state index in [-0.39, 0.29) is 24.0 Å². The molecule has 0 aliphatic heterocycles. The number of halogens is 1. The van der Waals surface area contributed by atoms with Crippen molar-refractivity contribution in [3.8, 4) is 5.75 Å². The first-order chi connectivity index (χ1) is 13.5. The molecule has 29 heavy (non-hydrogen) atoms. The van der Waals surface area contributed by atoms with E-state index >= 15 is 0 Å². The Morgan fingerprint density at radius 3 is 2.62 bits per heavy atom. The van der Waals surface area contributed by atoms with Crippen LogP contribution in [0, 0.1) is 13.8 Å². The molecule has 0 unspecified atom stereocenters. The number of aromatic nitrogens is 3. The van der Waals surface area contributed by atoms with Crippen molar-refractivity contribution in [1.29, 1.82) is 0 Å². The second-order valence-electron chi connectivity index (χ2n) is 6.65. The van der Waals surface area contributed by atoms with Crippen LogP contribution in [0.2, 0.25) is 0 Å². The third-order valence-corrected chi connectivity index (χ3v) is 5.20. The van der Waals surface area contributed by atoms with E-state index in [1.54, 1.807) is 7.11 Å². The number of benzene rings is 1. The lowest BCUT2D eigenvalue weighted by Crippen LogP contribution is -2.39. The fourth-order valence-corrected chi connectivity index (χ4v) is 3.19. The van der Waals surface area contributed by atoms with Crippen molar-refractivity contribution in [2.24, 2.45) is 12.0 Å². The van der Waals surface area contributed by atoms with Crippen LogP contribution >= 0.6 is 35.7 Å². The smallest absolute Gasteiger partial charge is 0.191 e. The van der Waals surface area contributed by atoms with Gasteiger partial charge >= 0.3 is 0 Å². The Hall–Kier alpha value is -1.49.